The minimum atomic E-state index is -0.521. The Morgan fingerprint density at radius 2 is 2.13 bits per heavy atom. The number of nitrogens with one attached hydrogen (secondary N) is 1. The van der Waals surface area contributed by atoms with Crippen molar-refractivity contribution in [1.29, 1.82) is 5.26 Å². The number of anilines is 1. The fourth-order valence-corrected chi connectivity index (χ4v) is 3.97. The lowest BCUT2D eigenvalue weighted by molar-refractivity contribution is 0.208. The third-order valence-electron chi connectivity index (χ3n) is 4.51. The molecule has 1 unspecified atom stereocenters. The van der Waals surface area contributed by atoms with Gasteiger partial charge in [-0.1, -0.05) is 30.4 Å². The van der Waals surface area contributed by atoms with Crippen molar-refractivity contribution in [2.45, 2.75) is 26.4 Å². The van der Waals surface area contributed by atoms with Crippen molar-refractivity contribution in [3.63, 3.8) is 0 Å². The van der Waals surface area contributed by atoms with Crippen LogP contribution in [0.4, 0.5) is 17.2 Å². The minimum absolute atomic E-state index is 0.233. The molecule has 0 aliphatic rings. The Kier molecular flexibility index (Phi) is 5.97. The fraction of sp³-hybridized carbons (Fsp3) is 0.238. The summed E-state index contributed by atoms with van der Waals surface area (Å²) in [6.45, 7) is 4.00. The van der Waals surface area contributed by atoms with Crippen molar-refractivity contribution >= 4 is 38.7 Å². The number of azo groups is 1. The van der Waals surface area contributed by atoms with Gasteiger partial charge in [-0.3, -0.25) is 4.98 Å². The van der Waals surface area contributed by atoms with Gasteiger partial charge >= 0.3 is 0 Å². The topological polar surface area (TPSA) is 124 Å². The Hall–Kier alpha value is -3.68. The molecule has 0 fully saturated rings. The number of aliphatic hydroxyl groups is 1. The van der Waals surface area contributed by atoms with Gasteiger partial charge in [0.2, 0.25) is 10.9 Å². The predicted octanol–water partition coefficient (Wildman–Crippen LogP) is 4.52. The zero-order valence-corrected chi connectivity index (χ0v) is 17.8. The lowest BCUT2D eigenvalue weighted by Gasteiger charge is -2.09. The van der Waals surface area contributed by atoms with Gasteiger partial charge in [0.05, 0.1) is 33.9 Å². The molecule has 31 heavy (non-hydrogen) atoms. The Morgan fingerprint density at radius 3 is 2.87 bits per heavy atom. The highest BCUT2D eigenvalue weighted by atomic mass is 32.1. The summed E-state index contributed by atoms with van der Waals surface area (Å²) in [7, 11) is 0. The molecule has 1 atom stereocenters. The van der Waals surface area contributed by atoms with E-state index >= 15 is 0 Å². The van der Waals surface area contributed by atoms with Crippen molar-refractivity contribution in [1.82, 2.24) is 19.7 Å². The molecule has 0 saturated heterocycles. The van der Waals surface area contributed by atoms with Crippen molar-refractivity contribution in [2.24, 2.45) is 10.2 Å². The number of thiazole rings is 1. The smallest absolute Gasteiger partial charge is 0.214 e. The summed E-state index contributed by atoms with van der Waals surface area (Å²) in [6, 6.07) is 11.8. The Balaban J connectivity index is 1.72. The van der Waals surface area contributed by atoms with Crippen LogP contribution in [0.25, 0.3) is 15.3 Å². The van der Waals surface area contributed by atoms with Gasteiger partial charge in [0.25, 0.3) is 0 Å². The molecule has 3 aromatic heterocycles. The van der Waals surface area contributed by atoms with Crippen LogP contribution < -0.4 is 5.32 Å². The standard InChI is InChI=1S/C21H20N8OS/c1-3-18-14(10-22)20(27-26-15-8-9-23-12-17(15)24-11-13(2)30)28-29(18)21-25-16-6-4-5-7-19(16)31-21/h4-9,12-13,24,30H,3,11H2,1-2H3. The molecular weight excluding hydrogens is 412 g/mol. The Labute approximate surface area is 182 Å². The number of pyridine rings is 1. The molecule has 9 nitrogen and oxygen atoms in total. The third kappa shape index (κ3) is 4.28. The molecule has 0 amide bonds. The average molecular weight is 433 g/mol. The quantitative estimate of drug-likeness (QED) is 0.414. The number of aliphatic hydroxyl groups excluding tert-OH is 1. The number of aromatic nitrogens is 4. The number of rotatable bonds is 7. The number of benzene rings is 1. The largest absolute Gasteiger partial charge is 0.392 e. The van der Waals surface area contributed by atoms with Gasteiger partial charge in [-0.15, -0.1) is 15.3 Å². The van der Waals surface area contributed by atoms with E-state index in [2.05, 4.69) is 36.7 Å². The van der Waals surface area contributed by atoms with Crippen molar-refractivity contribution in [3.8, 4) is 11.2 Å². The number of nitriles is 1. The highest BCUT2D eigenvalue weighted by molar-refractivity contribution is 7.20. The second-order valence-corrected chi connectivity index (χ2v) is 7.82. The molecule has 0 saturated carbocycles. The van der Waals surface area contributed by atoms with Crippen LogP contribution in [-0.2, 0) is 6.42 Å². The summed E-state index contributed by atoms with van der Waals surface area (Å²) in [4.78, 5) is 8.73. The van der Waals surface area contributed by atoms with Crippen molar-refractivity contribution < 1.29 is 5.11 Å². The summed E-state index contributed by atoms with van der Waals surface area (Å²) in [5, 5.41) is 36.1. The normalized spacial score (nSPS) is 12.3. The van der Waals surface area contributed by atoms with Crippen LogP contribution in [0.2, 0.25) is 0 Å². The van der Waals surface area contributed by atoms with E-state index in [1.807, 2.05) is 31.2 Å². The fourth-order valence-electron chi connectivity index (χ4n) is 3.03. The molecule has 156 valence electrons. The maximum absolute atomic E-state index is 9.76. The molecule has 0 bridgehead atoms. The van der Waals surface area contributed by atoms with Crippen LogP contribution in [0.15, 0.2) is 53.0 Å². The van der Waals surface area contributed by atoms with Gasteiger partial charge in [-0.25, -0.2) is 9.67 Å². The molecule has 1 aromatic carbocycles. The first-order valence-corrected chi connectivity index (χ1v) is 10.6. The molecule has 10 heteroatoms. The zero-order valence-electron chi connectivity index (χ0n) is 17.0. The van der Waals surface area contributed by atoms with Gasteiger partial charge in [-0.2, -0.15) is 5.26 Å². The molecule has 4 aromatic rings. The second kappa shape index (κ2) is 8.99. The van der Waals surface area contributed by atoms with Crippen LogP contribution >= 0.6 is 11.3 Å². The molecule has 0 aliphatic heterocycles. The average Bonchev–Trinajstić information content (AvgIpc) is 3.37. The van der Waals surface area contributed by atoms with E-state index in [1.54, 1.807) is 30.1 Å². The van der Waals surface area contributed by atoms with Crippen LogP contribution in [0.1, 0.15) is 25.1 Å². The van der Waals surface area contributed by atoms with Gasteiger partial charge in [0.15, 0.2) is 0 Å². The van der Waals surface area contributed by atoms with Gasteiger partial charge in [-0.05, 0) is 31.5 Å². The number of hydrogen-bond acceptors (Lipinski definition) is 9. The SMILES string of the molecule is CCc1c(C#N)c(N=Nc2ccncc2NCC(C)O)nn1-c1nc2ccccc2s1. The monoisotopic (exact) mass is 432 g/mol. The van der Waals surface area contributed by atoms with E-state index < -0.39 is 6.10 Å². The molecule has 0 radical (unpaired) electrons. The summed E-state index contributed by atoms with van der Waals surface area (Å²) >= 11 is 1.50. The zero-order chi connectivity index (χ0) is 21.8. The summed E-state index contributed by atoms with van der Waals surface area (Å²) in [5.74, 6) is 0.233. The van der Waals surface area contributed by atoms with E-state index in [4.69, 9.17) is 0 Å². The van der Waals surface area contributed by atoms with E-state index in [-0.39, 0.29) is 5.82 Å². The Morgan fingerprint density at radius 1 is 1.29 bits per heavy atom. The predicted molar refractivity (Wildman–Crippen MR) is 119 cm³/mol. The van der Waals surface area contributed by atoms with E-state index in [1.165, 1.54) is 11.3 Å². The van der Waals surface area contributed by atoms with E-state index in [0.29, 0.717) is 35.0 Å². The summed E-state index contributed by atoms with van der Waals surface area (Å²) in [6.07, 6.45) is 3.29. The minimum Gasteiger partial charge on any atom is -0.392 e. The van der Waals surface area contributed by atoms with Gasteiger partial charge < -0.3 is 10.4 Å². The second-order valence-electron chi connectivity index (χ2n) is 6.81. The number of hydrogen-bond donors (Lipinski definition) is 2. The van der Waals surface area contributed by atoms with Gasteiger partial charge in [0.1, 0.15) is 17.3 Å². The van der Waals surface area contributed by atoms with E-state index in [9.17, 15) is 10.4 Å². The first kappa shape index (κ1) is 20.6. The van der Waals surface area contributed by atoms with Crippen LogP contribution in [0.3, 0.4) is 0 Å². The van der Waals surface area contributed by atoms with Crippen LogP contribution in [0, 0.1) is 11.3 Å². The number of fused-ring (bicyclic) bond motifs is 1. The first-order chi connectivity index (χ1) is 15.1. The maximum atomic E-state index is 9.76. The maximum Gasteiger partial charge on any atom is 0.214 e. The molecule has 2 N–H and O–H groups in total. The molecule has 3 heterocycles. The highest BCUT2D eigenvalue weighted by Crippen LogP contribution is 2.31. The van der Waals surface area contributed by atoms with Crippen molar-refractivity contribution in [2.75, 3.05) is 11.9 Å². The van der Waals surface area contributed by atoms with Gasteiger partial charge in [0, 0.05) is 12.7 Å². The number of para-hydroxylation sites is 1. The third-order valence-corrected chi connectivity index (χ3v) is 5.52. The highest BCUT2D eigenvalue weighted by Gasteiger charge is 2.20. The molecule has 0 spiro atoms. The van der Waals surface area contributed by atoms with Crippen molar-refractivity contribution in [3.05, 3.63) is 54.0 Å². The first-order valence-electron chi connectivity index (χ1n) is 9.76. The van der Waals surface area contributed by atoms with Crippen LogP contribution in [0.5, 0.6) is 0 Å². The summed E-state index contributed by atoms with van der Waals surface area (Å²) < 4.78 is 2.72. The summed E-state index contributed by atoms with van der Waals surface area (Å²) in [5.41, 5.74) is 3.15. The lowest BCUT2D eigenvalue weighted by atomic mass is 10.2. The lowest BCUT2D eigenvalue weighted by Crippen LogP contribution is -2.15. The number of nitrogens with zero attached hydrogens (tertiary/aromatic N) is 7. The van der Waals surface area contributed by atoms with E-state index in [0.717, 1.165) is 15.9 Å². The Bertz CT molecular complexity index is 1250. The molecule has 0 aliphatic carbocycles. The molecule has 4 rings (SSSR count). The van der Waals surface area contributed by atoms with Crippen LogP contribution in [-0.4, -0.2) is 37.5 Å². The molecular formula is C21H20N8OS.